The summed E-state index contributed by atoms with van der Waals surface area (Å²) < 4.78 is 32.8. The third kappa shape index (κ3) is 1.68. The SMILES string of the molecule is O=C(O)C1(F)C=CC=CC1S(=O)O. The first kappa shape index (κ1) is 10.1. The number of allylic oxidation sites excluding steroid dienone is 2. The van der Waals surface area contributed by atoms with Crippen LogP contribution in [0.15, 0.2) is 24.3 Å². The van der Waals surface area contributed by atoms with E-state index in [1.165, 1.54) is 12.2 Å². The minimum absolute atomic E-state index is 0.758. The van der Waals surface area contributed by atoms with Gasteiger partial charge in [0, 0.05) is 0 Å². The van der Waals surface area contributed by atoms with E-state index in [1.807, 2.05) is 0 Å². The summed E-state index contributed by atoms with van der Waals surface area (Å²) >= 11 is -2.54. The van der Waals surface area contributed by atoms with E-state index >= 15 is 0 Å². The number of hydrogen-bond donors (Lipinski definition) is 2. The molecule has 0 fully saturated rings. The second-order valence-corrected chi connectivity index (χ2v) is 3.57. The highest BCUT2D eigenvalue weighted by atomic mass is 32.2. The number of carbonyl (C=O) groups is 1. The van der Waals surface area contributed by atoms with Crippen LogP contribution in [0.5, 0.6) is 0 Å². The van der Waals surface area contributed by atoms with Crippen LogP contribution in [0.1, 0.15) is 0 Å². The van der Waals surface area contributed by atoms with Crippen molar-refractivity contribution in [3.8, 4) is 0 Å². The number of rotatable bonds is 2. The number of hydrogen-bond acceptors (Lipinski definition) is 2. The van der Waals surface area contributed by atoms with E-state index in [-0.39, 0.29) is 0 Å². The molecule has 0 aromatic carbocycles. The van der Waals surface area contributed by atoms with E-state index in [2.05, 4.69) is 0 Å². The predicted molar refractivity (Wildman–Crippen MR) is 44.3 cm³/mol. The summed E-state index contributed by atoms with van der Waals surface area (Å²) in [5.41, 5.74) is -2.78. The fourth-order valence-corrected chi connectivity index (χ4v) is 1.70. The van der Waals surface area contributed by atoms with Gasteiger partial charge in [0.1, 0.15) is 5.25 Å². The van der Waals surface area contributed by atoms with Gasteiger partial charge >= 0.3 is 5.97 Å². The first-order chi connectivity index (χ1) is 5.98. The molecular weight excluding hydrogens is 199 g/mol. The molecule has 1 aliphatic carbocycles. The molecule has 0 heterocycles. The molecule has 13 heavy (non-hydrogen) atoms. The third-order valence-corrected chi connectivity index (χ3v) is 2.63. The zero-order valence-corrected chi connectivity index (χ0v) is 7.20. The van der Waals surface area contributed by atoms with E-state index < -0.39 is 28.0 Å². The van der Waals surface area contributed by atoms with E-state index in [0.29, 0.717) is 0 Å². The molecule has 0 saturated heterocycles. The van der Waals surface area contributed by atoms with Crippen LogP contribution in [-0.2, 0) is 15.9 Å². The average molecular weight is 206 g/mol. The second-order valence-electron chi connectivity index (χ2n) is 2.51. The van der Waals surface area contributed by atoms with Crippen LogP contribution in [0.2, 0.25) is 0 Å². The lowest BCUT2D eigenvalue weighted by Crippen LogP contribution is -2.45. The maximum Gasteiger partial charge on any atom is 0.347 e. The van der Waals surface area contributed by atoms with Gasteiger partial charge in [-0.2, -0.15) is 0 Å². The van der Waals surface area contributed by atoms with Crippen molar-refractivity contribution in [1.82, 2.24) is 0 Å². The lowest BCUT2D eigenvalue weighted by molar-refractivity contribution is -0.147. The molecule has 0 aliphatic heterocycles. The zero-order chi connectivity index (χ0) is 10.1. The van der Waals surface area contributed by atoms with Gasteiger partial charge in [-0.1, -0.05) is 18.2 Å². The molecule has 3 atom stereocenters. The van der Waals surface area contributed by atoms with Crippen LogP contribution in [0.4, 0.5) is 4.39 Å². The summed E-state index contributed by atoms with van der Waals surface area (Å²) in [5.74, 6) is -1.76. The highest BCUT2D eigenvalue weighted by molar-refractivity contribution is 7.80. The molecule has 0 radical (unpaired) electrons. The fraction of sp³-hybridized carbons (Fsp3) is 0.286. The Morgan fingerprint density at radius 2 is 2.15 bits per heavy atom. The fourth-order valence-electron chi connectivity index (χ4n) is 1.00. The molecule has 4 nitrogen and oxygen atoms in total. The van der Waals surface area contributed by atoms with Crippen molar-refractivity contribution in [1.29, 1.82) is 0 Å². The van der Waals surface area contributed by atoms with Gasteiger partial charge in [-0.3, -0.25) is 0 Å². The Labute approximate surface area is 76.0 Å². The maximum atomic E-state index is 13.5. The van der Waals surface area contributed by atoms with E-state index in [1.54, 1.807) is 0 Å². The van der Waals surface area contributed by atoms with Gasteiger partial charge in [-0.15, -0.1) is 0 Å². The lowest BCUT2D eigenvalue weighted by Gasteiger charge is -2.23. The van der Waals surface area contributed by atoms with Crippen molar-refractivity contribution in [2.75, 3.05) is 0 Å². The smallest absolute Gasteiger partial charge is 0.347 e. The van der Waals surface area contributed by atoms with Crippen molar-refractivity contribution < 1.29 is 23.1 Å². The summed E-state index contributed by atoms with van der Waals surface area (Å²) in [6.45, 7) is 0. The second kappa shape index (κ2) is 3.39. The molecule has 2 N–H and O–H groups in total. The summed E-state index contributed by atoms with van der Waals surface area (Å²) in [7, 11) is 0. The quantitative estimate of drug-likeness (QED) is 0.645. The molecular formula is C7H7FO4S. The Balaban J connectivity index is 3.07. The lowest BCUT2D eigenvalue weighted by atomic mass is 9.97. The molecule has 0 bridgehead atoms. The molecule has 6 heteroatoms. The first-order valence-corrected chi connectivity index (χ1v) is 4.53. The topological polar surface area (TPSA) is 74.6 Å². The van der Waals surface area contributed by atoms with Crippen LogP contribution in [-0.4, -0.2) is 30.8 Å². The van der Waals surface area contributed by atoms with Crippen molar-refractivity contribution >= 4 is 17.0 Å². The van der Waals surface area contributed by atoms with Crippen molar-refractivity contribution in [2.45, 2.75) is 10.9 Å². The van der Waals surface area contributed by atoms with Crippen LogP contribution in [0.25, 0.3) is 0 Å². The van der Waals surface area contributed by atoms with Gasteiger partial charge in [-0.05, 0) is 6.08 Å². The highest BCUT2D eigenvalue weighted by Crippen LogP contribution is 2.26. The van der Waals surface area contributed by atoms with Crippen molar-refractivity contribution in [2.24, 2.45) is 0 Å². The minimum Gasteiger partial charge on any atom is -0.479 e. The molecule has 0 aromatic rings. The molecule has 0 spiro atoms. The Bertz CT molecular complexity index is 312. The third-order valence-electron chi connectivity index (χ3n) is 1.69. The monoisotopic (exact) mass is 206 g/mol. The van der Waals surface area contributed by atoms with Gasteiger partial charge < -0.3 is 9.66 Å². The summed E-state index contributed by atoms with van der Waals surface area (Å²) in [4.78, 5) is 10.5. The number of halogens is 1. The molecule has 0 aromatic heterocycles. The van der Waals surface area contributed by atoms with Gasteiger partial charge in [0.05, 0.1) is 0 Å². The molecule has 72 valence electrons. The number of carboxylic acids is 1. The zero-order valence-electron chi connectivity index (χ0n) is 6.38. The van der Waals surface area contributed by atoms with E-state index in [9.17, 15) is 13.4 Å². The Morgan fingerprint density at radius 1 is 1.54 bits per heavy atom. The molecule has 3 unspecified atom stereocenters. The summed E-state index contributed by atoms with van der Waals surface area (Å²) in [6, 6.07) is 0. The van der Waals surface area contributed by atoms with Crippen LogP contribution in [0.3, 0.4) is 0 Å². The molecule has 1 aliphatic rings. The normalized spacial score (nSPS) is 34.5. The van der Waals surface area contributed by atoms with Gasteiger partial charge in [-0.25, -0.2) is 13.4 Å². The number of alkyl halides is 1. The summed E-state index contributed by atoms with van der Waals surface area (Å²) in [5, 5.41) is 6.96. The first-order valence-electron chi connectivity index (χ1n) is 3.36. The molecule has 0 amide bonds. The van der Waals surface area contributed by atoms with E-state index in [4.69, 9.17) is 9.66 Å². The Kier molecular flexibility index (Phi) is 2.63. The standard InChI is InChI=1S/C7H7FO4S/c8-7(6(9)10)4-2-1-3-5(7)13(11)12/h1-5H,(H,9,10)(H,11,12). The maximum absolute atomic E-state index is 13.5. The highest BCUT2D eigenvalue weighted by Gasteiger charge is 2.47. The number of aliphatic carboxylic acids is 1. The van der Waals surface area contributed by atoms with Crippen LogP contribution >= 0.6 is 0 Å². The largest absolute Gasteiger partial charge is 0.479 e. The number of carboxylic acid groups (broad SMARTS) is 1. The van der Waals surface area contributed by atoms with Crippen LogP contribution in [0, 0.1) is 0 Å². The minimum atomic E-state index is -2.78. The van der Waals surface area contributed by atoms with Crippen LogP contribution < -0.4 is 0 Å². The predicted octanol–water partition coefficient (Wildman–Crippen LogP) is 0.496. The van der Waals surface area contributed by atoms with Crippen molar-refractivity contribution in [3.05, 3.63) is 24.3 Å². The average Bonchev–Trinajstić information content (AvgIpc) is 2.04. The molecule has 0 saturated carbocycles. The Hall–Kier alpha value is -1.01. The molecule has 1 rings (SSSR count). The van der Waals surface area contributed by atoms with E-state index in [0.717, 1.165) is 12.2 Å². The Morgan fingerprint density at radius 3 is 2.54 bits per heavy atom. The summed E-state index contributed by atoms with van der Waals surface area (Å²) in [6.07, 6.45) is 4.34. The van der Waals surface area contributed by atoms with Gasteiger partial charge in [0.25, 0.3) is 0 Å². The van der Waals surface area contributed by atoms with Crippen molar-refractivity contribution in [3.63, 3.8) is 0 Å². The van der Waals surface area contributed by atoms with Gasteiger partial charge in [0.15, 0.2) is 11.1 Å². The van der Waals surface area contributed by atoms with Gasteiger partial charge in [0.2, 0.25) is 5.67 Å².